The maximum Gasteiger partial charge on any atom is 0.417 e. The fraction of sp³-hybridized carbons (Fsp3) is 0.318. The van der Waals surface area contributed by atoms with Crippen LogP contribution in [0.15, 0.2) is 42.2 Å². The number of benzene rings is 1. The van der Waals surface area contributed by atoms with Gasteiger partial charge in [-0.25, -0.2) is 15.0 Å². The first-order chi connectivity index (χ1) is 15.8. The number of thiazole rings is 1. The zero-order valence-corrected chi connectivity index (χ0v) is 18.6. The number of anilines is 2. The Balaban J connectivity index is 1.66. The van der Waals surface area contributed by atoms with Gasteiger partial charge < -0.3 is 10.6 Å². The normalized spacial score (nSPS) is 11.3. The lowest BCUT2D eigenvalue weighted by atomic mass is 9.97. The fourth-order valence-electron chi connectivity index (χ4n) is 3.03. The first kappa shape index (κ1) is 24.3. The minimum atomic E-state index is -4.67. The Hall–Kier alpha value is -3.34. The molecule has 0 fully saturated rings. The molecular formula is C22H22F3N5O2S. The van der Waals surface area contributed by atoms with Crippen LogP contribution in [0.1, 0.15) is 64.6 Å². The smallest absolute Gasteiger partial charge is 0.347 e. The number of unbranched alkanes of at least 4 members (excludes halogenated alkanes) is 2. The Morgan fingerprint density at radius 2 is 1.97 bits per heavy atom. The highest BCUT2D eigenvalue weighted by atomic mass is 32.1. The van der Waals surface area contributed by atoms with Gasteiger partial charge in [-0.3, -0.25) is 9.59 Å². The second-order valence-corrected chi connectivity index (χ2v) is 8.06. The Kier molecular flexibility index (Phi) is 8.10. The van der Waals surface area contributed by atoms with Crippen LogP contribution < -0.4 is 10.6 Å². The van der Waals surface area contributed by atoms with E-state index >= 15 is 0 Å². The highest BCUT2D eigenvalue weighted by Gasteiger charge is 2.35. The number of ketones is 1. The molecule has 7 nitrogen and oxygen atoms in total. The van der Waals surface area contributed by atoms with Crippen LogP contribution in [-0.2, 0) is 12.7 Å². The number of rotatable bonds is 10. The highest BCUT2D eigenvalue weighted by molar-refractivity contribution is 7.14. The van der Waals surface area contributed by atoms with E-state index in [9.17, 15) is 22.8 Å². The summed E-state index contributed by atoms with van der Waals surface area (Å²) in [5, 5.41) is 7.45. The molecule has 2 heterocycles. The first-order valence-electron chi connectivity index (χ1n) is 10.3. The average molecular weight is 478 g/mol. The summed E-state index contributed by atoms with van der Waals surface area (Å²) in [6, 6.07) is 5.16. The van der Waals surface area contributed by atoms with Gasteiger partial charge in [-0.15, -0.1) is 11.3 Å². The van der Waals surface area contributed by atoms with E-state index in [0.717, 1.165) is 18.9 Å². The summed E-state index contributed by atoms with van der Waals surface area (Å²) in [5.41, 5.74) is -0.972. The van der Waals surface area contributed by atoms with Gasteiger partial charge in [0.1, 0.15) is 17.8 Å². The first-order valence-corrected chi connectivity index (χ1v) is 11.2. The molecule has 1 aromatic carbocycles. The van der Waals surface area contributed by atoms with Crippen LogP contribution in [0.4, 0.5) is 24.1 Å². The van der Waals surface area contributed by atoms with E-state index in [1.165, 1.54) is 35.2 Å². The number of amides is 1. The van der Waals surface area contributed by atoms with Gasteiger partial charge in [0.25, 0.3) is 5.91 Å². The second kappa shape index (κ2) is 11.0. The summed E-state index contributed by atoms with van der Waals surface area (Å²) in [7, 11) is 0. The Morgan fingerprint density at radius 1 is 1.15 bits per heavy atom. The molecule has 2 N–H and O–H groups in total. The van der Waals surface area contributed by atoms with E-state index in [2.05, 4.69) is 25.6 Å². The highest BCUT2D eigenvalue weighted by Crippen LogP contribution is 2.33. The lowest BCUT2D eigenvalue weighted by Crippen LogP contribution is -2.23. The average Bonchev–Trinajstić information content (AvgIpc) is 3.26. The van der Waals surface area contributed by atoms with E-state index in [0.29, 0.717) is 17.4 Å². The number of nitrogens with one attached hydrogen (secondary N) is 2. The van der Waals surface area contributed by atoms with E-state index in [1.54, 1.807) is 12.3 Å². The van der Waals surface area contributed by atoms with Gasteiger partial charge in [0.2, 0.25) is 0 Å². The third-order valence-corrected chi connectivity index (χ3v) is 5.46. The van der Waals surface area contributed by atoms with Gasteiger partial charge in [0.05, 0.1) is 5.56 Å². The molecular weight excluding hydrogens is 455 g/mol. The van der Waals surface area contributed by atoms with Gasteiger partial charge in [-0.1, -0.05) is 31.9 Å². The third kappa shape index (κ3) is 6.82. The Morgan fingerprint density at radius 3 is 2.67 bits per heavy atom. The number of Topliss-reactive ketones (excluding diaryl/α,β-unsaturated/α-hetero) is 1. The molecule has 1 amide bonds. The van der Waals surface area contributed by atoms with Gasteiger partial charge in [0, 0.05) is 30.1 Å². The van der Waals surface area contributed by atoms with Crippen LogP contribution in [-0.4, -0.2) is 26.6 Å². The summed E-state index contributed by atoms with van der Waals surface area (Å²) >= 11 is 1.18. The van der Waals surface area contributed by atoms with Gasteiger partial charge in [0.15, 0.2) is 10.9 Å². The van der Waals surface area contributed by atoms with Crippen LogP contribution in [0.3, 0.4) is 0 Å². The largest absolute Gasteiger partial charge is 0.417 e. The molecule has 0 bridgehead atoms. The quantitative estimate of drug-likeness (QED) is 0.300. The lowest BCUT2D eigenvalue weighted by Gasteiger charge is -2.14. The molecule has 2 aromatic heterocycles. The van der Waals surface area contributed by atoms with Crippen molar-refractivity contribution in [2.45, 2.75) is 45.3 Å². The minimum absolute atomic E-state index is 0.0716. The number of nitrogens with zero attached hydrogens (tertiary/aromatic N) is 3. The number of aromatic nitrogens is 3. The molecule has 0 aliphatic heterocycles. The van der Waals surface area contributed by atoms with Gasteiger partial charge >= 0.3 is 6.18 Å². The fourth-order valence-corrected chi connectivity index (χ4v) is 3.73. The summed E-state index contributed by atoms with van der Waals surface area (Å²) in [6.45, 7) is 1.81. The molecule has 0 aliphatic carbocycles. The maximum absolute atomic E-state index is 13.6. The zero-order valence-electron chi connectivity index (χ0n) is 17.8. The lowest BCUT2D eigenvalue weighted by molar-refractivity contribution is -0.138. The molecule has 33 heavy (non-hydrogen) atoms. The van der Waals surface area contributed by atoms with Crippen molar-refractivity contribution in [2.75, 3.05) is 5.32 Å². The zero-order chi connectivity index (χ0) is 23.8. The van der Waals surface area contributed by atoms with E-state index < -0.39 is 23.4 Å². The minimum Gasteiger partial charge on any atom is -0.347 e. The number of carbonyl (C=O) groups is 2. The van der Waals surface area contributed by atoms with E-state index in [-0.39, 0.29) is 29.8 Å². The number of carbonyl (C=O) groups excluding carboxylic acids is 2. The van der Waals surface area contributed by atoms with Gasteiger partial charge in [-0.2, -0.15) is 13.2 Å². The third-order valence-electron chi connectivity index (χ3n) is 4.70. The molecule has 3 rings (SSSR count). The van der Waals surface area contributed by atoms with Gasteiger partial charge in [-0.05, 0) is 24.1 Å². The van der Waals surface area contributed by atoms with Crippen molar-refractivity contribution in [3.63, 3.8) is 0 Å². The number of hydrogen-bond donors (Lipinski definition) is 2. The van der Waals surface area contributed by atoms with Crippen molar-refractivity contribution in [3.8, 4) is 0 Å². The topological polar surface area (TPSA) is 96.9 Å². The standard InChI is InChI=1S/C22H22F3N5O2S/c1-2-3-4-5-18(31)15-7-6-14(10-16(15)22(23,24)25)11-27-20(32)17-12-33-21(29-17)30-19-8-9-26-13-28-19/h6-10,12-13H,2-5,11H2,1H3,(H,27,32)(H,26,28,29,30). The second-order valence-electron chi connectivity index (χ2n) is 7.20. The van der Waals surface area contributed by atoms with Crippen LogP contribution in [0, 0.1) is 0 Å². The molecule has 0 spiro atoms. The molecule has 3 aromatic rings. The van der Waals surface area contributed by atoms with Crippen molar-refractivity contribution < 1.29 is 22.8 Å². The summed E-state index contributed by atoms with van der Waals surface area (Å²) in [4.78, 5) is 36.6. The molecule has 0 radical (unpaired) electrons. The molecule has 0 saturated heterocycles. The van der Waals surface area contributed by atoms with E-state index in [4.69, 9.17) is 0 Å². The molecule has 0 aliphatic rings. The van der Waals surface area contributed by atoms with Crippen LogP contribution >= 0.6 is 11.3 Å². The number of alkyl halides is 3. The summed E-state index contributed by atoms with van der Waals surface area (Å²) in [6.07, 6.45) is 0.512. The SMILES string of the molecule is CCCCCC(=O)c1ccc(CNC(=O)c2csc(Nc3ccncn3)n2)cc1C(F)(F)F. The summed E-state index contributed by atoms with van der Waals surface area (Å²) in [5.74, 6) is -0.553. The predicted octanol–water partition coefficient (Wildman–Crippen LogP) is 5.39. The van der Waals surface area contributed by atoms with Crippen LogP contribution in [0.25, 0.3) is 0 Å². The molecule has 11 heteroatoms. The number of hydrogen-bond acceptors (Lipinski definition) is 7. The van der Waals surface area contributed by atoms with Crippen LogP contribution in [0.2, 0.25) is 0 Å². The van der Waals surface area contributed by atoms with Crippen molar-refractivity contribution in [3.05, 3.63) is 64.6 Å². The van der Waals surface area contributed by atoms with E-state index in [1.807, 2.05) is 6.92 Å². The van der Waals surface area contributed by atoms with Crippen molar-refractivity contribution >= 4 is 34.0 Å². The predicted molar refractivity (Wildman–Crippen MR) is 119 cm³/mol. The van der Waals surface area contributed by atoms with Crippen molar-refractivity contribution in [2.24, 2.45) is 0 Å². The molecule has 0 saturated carbocycles. The van der Waals surface area contributed by atoms with Crippen molar-refractivity contribution in [1.29, 1.82) is 0 Å². The monoisotopic (exact) mass is 477 g/mol. The maximum atomic E-state index is 13.6. The summed E-state index contributed by atoms with van der Waals surface area (Å²) < 4.78 is 40.7. The van der Waals surface area contributed by atoms with Crippen molar-refractivity contribution in [1.82, 2.24) is 20.3 Å². The molecule has 0 unspecified atom stereocenters. The molecule has 174 valence electrons. The number of halogens is 3. The van der Waals surface area contributed by atoms with Crippen LogP contribution in [0.5, 0.6) is 0 Å². The Bertz CT molecular complexity index is 1100. The molecule has 0 atom stereocenters. The Labute approximate surface area is 192 Å².